The summed E-state index contributed by atoms with van der Waals surface area (Å²) in [5.74, 6) is 0.501. The van der Waals surface area contributed by atoms with Crippen LogP contribution in [0.2, 0.25) is 0 Å². The van der Waals surface area contributed by atoms with E-state index in [1.807, 2.05) is 0 Å². The smallest absolute Gasteiger partial charge is 0.0594 e. The summed E-state index contributed by atoms with van der Waals surface area (Å²) in [6, 6.07) is 5.09. The molecule has 0 amide bonds. The van der Waals surface area contributed by atoms with Crippen molar-refractivity contribution in [3.05, 3.63) is 24.0 Å². The average molecular weight is 289 g/mol. The predicted molar refractivity (Wildman–Crippen MR) is 86.0 cm³/mol. The van der Waals surface area contributed by atoms with Gasteiger partial charge >= 0.3 is 0 Å². The Labute approximate surface area is 128 Å². The van der Waals surface area contributed by atoms with E-state index in [0.29, 0.717) is 12.0 Å². The molecule has 0 saturated carbocycles. The molecular formula is C17H27N3O. The Balaban J connectivity index is 1.64. The number of pyridine rings is 1. The Kier molecular flexibility index (Phi) is 4.76. The molecule has 1 aromatic rings. The van der Waals surface area contributed by atoms with Crippen LogP contribution in [0.4, 0.5) is 5.69 Å². The summed E-state index contributed by atoms with van der Waals surface area (Å²) in [5.41, 5.74) is 2.46. The van der Waals surface area contributed by atoms with E-state index in [-0.39, 0.29) is 0 Å². The van der Waals surface area contributed by atoms with Gasteiger partial charge < -0.3 is 9.64 Å². The second kappa shape index (κ2) is 6.75. The lowest BCUT2D eigenvalue weighted by Crippen LogP contribution is -2.51. The molecule has 2 saturated heterocycles. The van der Waals surface area contributed by atoms with Crippen molar-refractivity contribution in [2.45, 2.75) is 38.6 Å². The summed E-state index contributed by atoms with van der Waals surface area (Å²) in [4.78, 5) is 9.72. The molecule has 0 aliphatic carbocycles. The maximum absolute atomic E-state index is 5.47. The molecule has 0 bridgehead atoms. The second-order valence-electron chi connectivity index (χ2n) is 6.49. The van der Waals surface area contributed by atoms with Crippen LogP contribution >= 0.6 is 0 Å². The van der Waals surface area contributed by atoms with Crippen molar-refractivity contribution in [3.63, 3.8) is 0 Å². The summed E-state index contributed by atoms with van der Waals surface area (Å²) < 4.78 is 5.47. The maximum atomic E-state index is 5.47. The van der Waals surface area contributed by atoms with Gasteiger partial charge in [0.2, 0.25) is 0 Å². The molecule has 0 unspecified atom stereocenters. The summed E-state index contributed by atoms with van der Waals surface area (Å²) >= 11 is 0. The number of nitrogens with zero attached hydrogens (tertiary/aromatic N) is 3. The minimum absolute atomic E-state index is 0.501. The largest absolute Gasteiger partial charge is 0.379 e. The number of anilines is 1. The first kappa shape index (κ1) is 14.8. The van der Waals surface area contributed by atoms with E-state index in [9.17, 15) is 0 Å². The molecule has 0 N–H and O–H groups in total. The summed E-state index contributed by atoms with van der Waals surface area (Å²) in [7, 11) is 0. The van der Waals surface area contributed by atoms with Crippen molar-refractivity contribution in [3.8, 4) is 0 Å². The standard InChI is InChI=1S/C17H27N3O/c1-14(2)17-6-5-15(12-18-17)20-7-3-4-16(13-20)19-8-10-21-11-9-19/h5-6,12,14,16H,3-4,7-11,13H2,1-2H3/t16-/m0/s1. The molecule has 2 aliphatic rings. The van der Waals surface area contributed by atoms with Crippen LogP contribution < -0.4 is 4.90 Å². The SMILES string of the molecule is CC(C)c1ccc(N2CCC[C@H](N3CCOCC3)C2)cn1. The van der Waals surface area contributed by atoms with Crippen molar-refractivity contribution in [1.82, 2.24) is 9.88 Å². The van der Waals surface area contributed by atoms with Crippen LogP contribution in [0.3, 0.4) is 0 Å². The van der Waals surface area contributed by atoms with Gasteiger partial charge in [-0.15, -0.1) is 0 Å². The van der Waals surface area contributed by atoms with E-state index in [1.54, 1.807) is 0 Å². The lowest BCUT2D eigenvalue weighted by molar-refractivity contribution is 0.0137. The van der Waals surface area contributed by atoms with Crippen molar-refractivity contribution < 1.29 is 4.74 Å². The molecule has 4 nitrogen and oxygen atoms in total. The van der Waals surface area contributed by atoms with Crippen LogP contribution in [0, 0.1) is 0 Å². The number of hydrogen-bond acceptors (Lipinski definition) is 4. The predicted octanol–water partition coefficient (Wildman–Crippen LogP) is 2.51. The lowest BCUT2D eigenvalue weighted by Gasteiger charge is -2.41. The molecule has 3 rings (SSSR count). The van der Waals surface area contributed by atoms with Crippen molar-refractivity contribution in [2.24, 2.45) is 0 Å². The van der Waals surface area contributed by atoms with E-state index in [4.69, 9.17) is 4.74 Å². The lowest BCUT2D eigenvalue weighted by atomic mass is 10.0. The van der Waals surface area contributed by atoms with E-state index in [1.165, 1.54) is 24.2 Å². The molecule has 116 valence electrons. The van der Waals surface area contributed by atoms with Gasteiger partial charge in [0.1, 0.15) is 0 Å². The molecule has 0 spiro atoms. The van der Waals surface area contributed by atoms with Crippen LogP contribution in [0.25, 0.3) is 0 Å². The first-order valence-electron chi connectivity index (χ1n) is 8.27. The van der Waals surface area contributed by atoms with Crippen molar-refractivity contribution >= 4 is 5.69 Å². The number of hydrogen-bond donors (Lipinski definition) is 0. The summed E-state index contributed by atoms with van der Waals surface area (Å²) in [6.07, 6.45) is 4.64. The quantitative estimate of drug-likeness (QED) is 0.855. The van der Waals surface area contributed by atoms with Crippen LogP contribution in [-0.4, -0.2) is 55.3 Å². The Morgan fingerprint density at radius 1 is 1.19 bits per heavy atom. The van der Waals surface area contributed by atoms with Gasteiger partial charge in [-0.05, 0) is 30.9 Å². The minimum Gasteiger partial charge on any atom is -0.379 e. The summed E-state index contributed by atoms with van der Waals surface area (Å²) in [6.45, 7) is 10.6. The van der Waals surface area contributed by atoms with Gasteiger partial charge in [0.05, 0.1) is 25.1 Å². The fraction of sp³-hybridized carbons (Fsp3) is 0.706. The highest BCUT2D eigenvalue weighted by atomic mass is 16.5. The number of rotatable bonds is 3. The summed E-state index contributed by atoms with van der Waals surface area (Å²) in [5, 5.41) is 0. The van der Waals surface area contributed by atoms with Gasteiger partial charge in [0, 0.05) is 37.9 Å². The number of aromatic nitrogens is 1. The molecule has 21 heavy (non-hydrogen) atoms. The van der Waals surface area contributed by atoms with Gasteiger partial charge in [0.15, 0.2) is 0 Å². The van der Waals surface area contributed by atoms with Crippen LogP contribution in [0.15, 0.2) is 18.3 Å². The van der Waals surface area contributed by atoms with Gasteiger partial charge in [-0.25, -0.2) is 0 Å². The average Bonchev–Trinajstić information content (AvgIpc) is 2.56. The zero-order valence-electron chi connectivity index (χ0n) is 13.3. The van der Waals surface area contributed by atoms with Crippen LogP contribution in [0.5, 0.6) is 0 Å². The molecular weight excluding hydrogens is 262 g/mol. The Hall–Kier alpha value is -1.13. The fourth-order valence-electron chi connectivity index (χ4n) is 3.36. The third-order valence-corrected chi connectivity index (χ3v) is 4.69. The zero-order chi connectivity index (χ0) is 14.7. The normalized spacial score (nSPS) is 24.5. The molecule has 3 heterocycles. The minimum atomic E-state index is 0.501. The van der Waals surface area contributed by atoms with E-state index in [0.717, 1.165) is 39.4 Å². The van der Waals surface area contributed by atoms with Crippen LogP contribution in [-0.2, 0) is 4.74 Å². The third kappa shape index (κ3) is 3.55. The van der Waals surface area contributed by atoms with E-state index in [2.05, 4.69) is 47.0 Å². The Bertz CT molecular complexity index is 440. The molecule has 0 aromatic carbocycles. The van der Waals surface area contributed by atoms with Crippen molar-refractivity contribution in [1.29, 1.82) is 0 Å². The van der Waals surface area contributed by atoms with E-state index >= 15 is 0 Å². The topological polar surface area (TPSA) is 28.6 Å². The number of morpholine rings is 1. The highest BCUT2D eigenvalue weighted by molar-refractivity contribution is 5.45. The first-order chi connectivity index (χ1) is 10.2. The maximum Gasteiger partial charge on any atom is 0.0594 e. The highest BCUT2D eigenvalue weighted by Crippen LogP contribution is 2.23. The van der Waals surface area contributed by atoms with Gasteiger partial charge in [0.25, 0.3) is 0 Å². The molecule has 0 radical (unpaired) electrons. The zero-order valence-corrected chi connectivity index (χ0v) is 13.3. The molecule has 2 fully saturated rings. The van der Waals surface area contributed by atoms with Crippen molar-refractivity contribution in [2.75, 3.05) is 44.3 Å². The number of ether oxygens (including phenoxy) is 1. The monoisotopic (exact) mass is 289 g/mol. The highest BCUT2D eigenvalue weighted by Gasteiger charge is 2.26. The first-order valence-corrected chi connectivity index (χ1v) is 8.27. The van der Waals surface area contributed by atoms with Gasteiger partial charge in [-0.1, -0.05) is 13.8 Å². The Morgan fingerprint density at radius 3 is 2.67 bits per heavy atom. The molecule has 1 atom stereocenters. The third-order valence-electron chi connectivity index (χ3n) is 4.69. The Morgan fingerprint density at radius 2 is 2.00 bits per heavy atom. The molecule has 2 aliphatic heterocycles. The molecule has 1 aromatic heterocycles. The van der Waals surface area contributed by atoms with Gasteiger partial charge in [-0.3, -0.25) is 9.88 Å². The second-order valence-corrected chi connectivity index (χ2v) is 6.49. The van der Waals surface area contributed by atoms with Crippen LogP contribution in [0.1, 0.15) is 38.3 Å². The van der Waals surface area contributed by atoms with E-state index < -0.39 is 0 Å². The van der Waals surface area contributed by atoms with Gasteiger partial charge in [-0.2, -0.15) is 0 Å². The molecule has 4 heteroatoms. The number of piperidine rings is 1. The fourth-order valence-corrected chi connectivity index (χ4v) is 3.36.